The second kappa shape index (κ2) is 6.76. The van der Waals surface area contributed by atoms with Gasteiger partial charge in [0.05, 0.1) is 29.9 Å². The Hall–Kier alpha value is -2.53. The number of carbonyl (C=O) groups is 2. The molecule has 0 fully saturated rings. The van der Waals surface area contributed by atoms with Crippen LogP contribution >= 0.6 is 0 Å². The van der Waals surface area contributed by atoms with Gasteiger partial charge in [-0.15, -0.1) is 6.42 Å². The molecule has 0 bridgehead atoms. The first-order valence-electron chi connectivity index (χ1n) is 5.64. The number of nitrogens with one attached hydrogen (secondary N) is 2. The fourth-order valence-electron chi connectivity index (χ4n) is 1.45. The number of anilines is 1. The van der Waals surface area contributed by atoms with Crippen LogP contribution in [0.1, 0.15) is 15.9 Å². The van der Waals surface area contributed by atoms with Gasteiger partial charge < -0.3 is 10.4 Å². The molecule has 0 unspecified atom stereocenters. The molecule has 0 aliphatic carbocycles. The van der Waals surface area contributed by atoms with Gasteiger partial charge in [-0.1, -0.05) is 5.92 Å². The second-order valence-corrected chi connectivity index (χ2v) is 3.92. The number of terminal acetylenes is 1. The number of aromatic carboxylic acids is 1. The third-order valence-corrected chi connectivity index (χ3v) is 2.36. The molecule has 0 heterocycles. The average Bonchev–Trinajstić information content (AvgIpc) is 2.37. The van der Waals surface area contributed by atoms with E-state index in [-0.39, 0.29) is 13.1 Å². The molecule has 0 aliphatic heterocycles. The molecular formula is C13H11F3N2O3. The van der Waals surface area contributed by atoms with Gasteiger partial charge in [-0.3, -0.25) is 10.1 Å². The zero-order valence-electron chi connectivity index (χ0n) is 10.6. The molecule has 5 nitrogen and oxygen atoms in total. The van der Waals surface area contributed by atoms with Crippen molar-refractivity contribution < 1.29 is 27.9 Å². The van der Waals surface area contributed by atoms with E-state index in [4.69, 9.17) is 11.5 Å². The van der Waals surface area contributed by atoms with Crippen molar-refractivity contribution >= 4 is 17.6 Å². The van der Waals surface area contributed by atoms with Crippen LogP contribution in [0.4, 0.5) is 18.9 Å². The average molecular weight is 300 g/mol. The summed E-state index contributed by atoms with van der Waals surface area (Å²) in [6.07, 6.45) is 0.311. The summed E-state index contributed by atoms with van der Waals surface area (Å²) in [6.45, 7) is -0.151. The lowest BCUT2D eigenvalue weighted by atomic mass is 10.1. The van der Waals surface area contributed by atoms with Crippen molar-refractivity contribution in [3.8, 4) is 12.3 Å². The molecule has 8 heteroatoms. The predicted octanol–water partition coefficient (Wildman–Crippen LogP) is 1.56. The molecule has 3 N–H and O–H groups in total. The predicted molar refractivity (Wildman–Crippen MR) is 68.7 cm³/mol. The Balaban J connectivity index is 2.99. The highest BCUT2D eigenvalue weighted by Crippen LogP contribution is 2.32. The van der Waals surface area contributed by atoms with Crippen LogP contribution in [0.25, 0.3) is 0 Å². The Labute approximate surface area is 118 Å². The number of hydrogen-bond donors (Lipinski definition) is 3. The SMILES string of the molecule is C#CCNCC(=O)Nc1cc(C(F)(F)F)ccc1C(=O)O. The van der Waals surface area contributed by atoms with E-state index in [1.165, 1.54) is 0 Å². The van der Waals surface area contributed by atoms with Crippen LogP contribution < -0.4 is 10.6 Å². The number of amides is 1. The molecule has 0 aromatic heterocycles. The van der Waals surface area contributed by atoms with Gasteiger partial charge in [0.2, 0.25) is 5.91 Å². The van der Waals surface area contributed by atoms with Crippen LogP contribution in [-0.4, -0.2) is 30.1 Å². The molecule has 0 aliphatic rings. The molecular weight excluding hydrogens is 289 g/mol. The molecule has 112 valence electrons. The smallest absolute Gasteiger partial charge is 0.416 e. The van der Waals surface area contributed by atoms with Gasteiger partial charge in [0.1, 0.15) is 0 Å². The summed E-state index contributed by atoms with van der Waals surface area (Å²) < 4.78 is 37.8. The summed E-state index contributed by atoms with van der Waals surface area (Å²) in [5.74, 6) is 0.0613. The van der Waals surface area contributed by atoms with Crippen LogP contribution in [0.5, 0.6) is 0 Å². The van der Waals surface area contributed by atoms with E-state index >= 15 is 0 Å². The summed E-state index contributed by atoms with van der Waals surface area (Å²) >= 11 is 0. The van der Waals surface area contributed by atoms with E-state index in [1.807, 2.05) is 0 Å². The fourth-order valence-corrected chi connectivity index (χ4v) is 1.45. The number of benzene rings is 1. The minimum atomic E-state index is -4.64. The highest BCUT2D eigenvalue weighted by molar-refractivity contribution is 6.01. The van der Waals surface area contributed by atoms with E-state index in [0.717, 1.165) is 6.07 Å². The van der Waals surface area contributed by atoms with Crippen LogP contribution in [0.15, 0.2) is 18.2 Å². The molecule has 0 atom stereocenters. The maximum Gasteiger partial charge on any atom is 0.416 e. The first-order valence-corrected chi connectivity index (χ1v) is 5.64. The van der Waals surface area contributed by atoms with Gasteiger partial charge in [0.25, 0.3) is 0 Å². The fraction of sp³-hybridized carbons (Fsp3) is 0.231. The van der Waals surface area contributed by atoms with E-state index in [0.29, 0.717) is 12.1 Å². The minimum Gasteiger partial charge on any atom is -0.478 e. The number of carboxylic acids is 1. The number of alkyl halides is 3. The lowest BCUT2D eigenvalue weighted by Gasteiger charge is -2.12. The first kappa shape index (κ1) is 16.5. The minimum absolute atomic E-state index is 0.0990. The molecule has 0 saturated carbocycles. The summed E-state index contributed by atoms with van der Waals surface area (Å²) in [4.78, 5) is 22.5. The second-order valence-electron chi connectivity index (χ2n) is 3.92. The van der Waals surface area contributed by atoms with Crippen molar-refractivity contribution in [2.24, 2.45) is 0 Å². The lowest BCUT2D eigenvalue weighted by molar-refractivity contribution is -0.137. The Morgan fingerprint density at radius 3 is 2.52 bits per heavy atom. The van der Waals surface area contributed by atoms with Crippen LogP contribution in [0.3, 0.4) is 0 Å². The third-order valence-electron chi connectivity index (χ3n) is 2.36. The molecule has 1 rings (SSSR count). The van der Waals surface area contributed by atoms with E-state index in [9.17, 15) is 22.8 Å². The van der Waals surface area contributed by atoms with Crippen molar-refractivity contribution in [1.82, 2.24) is 5.32 Å². The summed E-state index contributed by atoms with van der Waals surface area (Å²) in [5, 5.41) is 13.6. The first-order chi connectivity index (χ1) is 9.75. The van der Waals surface area contributed by atoms with E-state index in [1.54, 1.807) is 0 Å². The van der Waals surface area contributed by atoms with Gasteiger partial charge >= 0.3 is 12.1 Å². The van der Waals surface area contributed by atoms with Gasteiger partial charge in [0, 0.05) is 0 Å². The van der Waals surface area contributed by atoms with Crippen molar-refractivity contribution in [3.05, 3.63) is 29.3 Å². The zero-order valence-corrected chi connectivity index (χ0v) is 10.6. The number of carboxylic acid groups (broad SMARTS) is 1. The Bertz CT molecular complexity index is 591. The summed E-state index contributed by atoms with van der Waals surface area (Å²) in [7, 11) is 0. The molecule has 1 aromatic rings. The molecule has 0 spiro atoms. The number of carbonyl (C=O) groups excluding carboxylic acids is 1. The Kier molecular flexibility index (Phi) is 5.32. The Morgan fingerprint density at radius 1 is 1.33 bits per heavy atom. The third kappa shape index (κ3) is 4.81. The monoisotopic (exact) mass is 300 g/mol. The molecule has 1 amide bonds. The van der Waals surface area contributed by atoms with Gasteiger partial charge in [-0.05, 0) is 18.2 Å². The highest BCUT2D eigenvalue weighted by atomic mass is 19.4. The van der Waals surface area contributed by atoms with Gasteiger partial charge in [0.15, 0.2) is 0 Å². The number of halogens is 3. The number of rotatable bonds is 5. The molecule has 0 radical (unpaired) electrons. The van der Waals surface area contributed by atoms with Crippen LogP contribution in [0.2, 0.25) is 0 Å². The zero-order chi connectivity index (χ0) is 16.0. The topological polar surface area (TPSA) is 78.4 Å². The Morgan fingerprint density at radius 2 is 2.00 bits per heavy atom. The lowest BCUT2D eigenvalue weighted by Crippen LogP contribution is -2.29. The molecule has 1 aromatic carbocycles. The maximum atomic E-state index is 12.6. The van der Waals surface area contributed by atoms with E-state index in [2.05, 4.69) is 16.6 Å². The van der Waals surface area contributed by atoms with Gasteiger partial charge in [-0.2, -0.15) is 13.2 Å². The van der Waals surface area contributed by atoms with Gasteiger partial charge in [-0.25, -0.2) is 4.79 Å². The van der Waals surface area contributed by atoms with E-state index < -0.39 is 34.9 Å². The molecule has 0 saturated heterocycles. The summed E-state index contributed by atoms with van der Waals surface area (Å²) in [6, 6.07) is 1.99. The van der Waals surface area contributed by atoms with Crippen molar-refractivity contribution in [1.29, 1.82) is 0 Å². The van der Waals surface area contributed by atoms with Crippen LogP contribution in [0, 0.1) is 12.3 Å². The number of hydrogen-bond acceptors (Lipinski definition) is 3. The van der Waals surface area contributed by atoms with Crippen LogP contribution in [-0.2, 0) is 11.0 Å². The molecule has 21 heavy (non-hydrogen) atoms. The highest BCUT2D eigenvalue weighted by Gasteiger charge is 2.31. The van der Waals surface area contributed by atoms with Crippen molar-refractivity contribution in [2.75, 3.05) is 18.4 Å². The largest absolute Gasteiger partial charge is 0.478 e. The standard InChI is InChI=1S/C13H11F3N2O3/c1-2-5-17-7-11(19)18-10-6-8(13(14,15)16)3-4-9(10)12(20)21/h1,3-4,6,17H,5,7H2,(H,18,19)(H,20,21). The maximum absolute atomic E-state index is 12.6. The van der Waals surface area contributed by atoms with Crippen molar-refractivity contribution in [2.45, 2.75) is 6.18 Å². The quantitative estimate of drug-likeness (QED) is 0.570. The van der Waals surface area contributed by atoms with Crippen molar-refractivity contribution in [3.63, 3.8) is 0 Å². The summed E-state index contributed by atoms with van der Waals surface area (Å²) in [5.41, 5.74) is -1.92. The normalized spacial score (nSPS) is 10.8.